The molecule has 22 heavy (non-hydrogen) atoms. The van der Waals surface area contributed by atoms with Crippen molar-refractivity contribution in [2.75, 3.05) is 32.1 Å². The van der Waals surface area contributed by atoms with Gasteiger partial charge in [-0.05, 0) is 26.0 Å². The fourth-order valence-corrected chi connectivity index (χ4v) is 2.80. The molecule has 2 aromatic heterocycles. The molecule has 0 bridgehead atoms. The third kappa shape index (κ3) is 3.28. The third-order valence-electron chi connectivity index (χ3n) is 4.07. The Morgan fingerprint density at radius 3 is 3.00 bits per heavy atom. The Hall–Kier alpha value is -1.92. The second-order valence-corrected chi connectivity index (χ2v) is 5.79. The number of nitrogens with zero attached hydrogens (tertiary/aromatic N) is 3. The number of aryl methyl sites for hydroxylation is 2. The van der Waals surface area contributed by atoms with Gasteiger partial charge < -0.3 is 10.1 Å². The molecule has 3 rings (SSSR count). The standard InChI is InChI=1S/C16H23N5O/c1-11-6-14(17-3)7-15(19-11)16-10-21(4-5-22-16)9-13-8-18-20-12(13)2/h6-8,16H,4-5,9-10H2,1-3H3,(H,17,19)(H,18,20). The maximum absolute atomic E-state index is 5.94. The number of hydrogen-bond acceptors (Lipinski definition) is 5. The summed E-state index contributed by atoms with van der Waals surface area (Å²) >= 11 is 0. The summed E-state index contributed by atoms with van der Waals surface area (Å²) in [5.41, 5.74) is 5.46. The highest BCUT2D eigenvalue weighted by Gasteiger charge is 2.24. The van der Waals surface area contributed by atoms with Gasteiger partial charge in [0.05, 0.1) is 18.5 Å². The van der Waals surface area contributed by atoms with Crippen LogP contribution in [0.2, 0.25) is 0 Å². The molecule has 1 atom stereocenters. The molecule has 0 spiro atoms. The fraction of sp³-hybridized carbons (Fsp3) is 0.500. The van der Waals surface area contributed by atoms with Crippen LogP contribution in [0.1, 0.15) is 28.7 Å². The van der Waals surface area contributed by atoms with Gasteiger partial charge in [0.15, 0.2) is 0 Å². The highest BCUT2D eigenvalue weighted by atomic mass is 16.5. The number of ether oxygens (including phenoxy) is 1. The van der Waals surface area contributed by atoms with Gasteiger partial charge in [0.2, 0.25) is 0 Å². The number of rotatable bonds is 4. The van der Waals surface area contributed by atoms with Crippen molar-refractivity contribution >= 4 is 5.69 Å². The Bertz CT molecular complexity index is 639. The minimum Gasteiger partial charge on any atom is -0.388 e. The first kappa shape index (κ1) is 15.0. The summed E-state index contributed by atoms with van der Waals surface area (Å²) in [7, 11) is 1.92. The van der Waals surface area contributed by atoms with Crippen molar-refractivity contribution in [3.8, 4) is 0 Å². The quantitative estimate of drug-likeness (QED) is 0.904. The second-order valence-electron chi connectivity index (χ2n) is 5.79. The van der Waals surface area contributed by atoms with Gasteiger partial charge in [0, 0.05) is 49.3 Å². The number of nitrogens with one attached hydrogen (secondary N) is 2. The summed E-state index contributed by atoms with van der Waals surface area (Å²) in [6.07, 6.45) is 1.93. The first-order valence-corrected chi connectivity index (χ1v) is 7.65. The van der Waals surface area contributed by atoms with Crippen molar-refractivity contribution in [2.45, 2.75) is 26.5 Å². The van der Waals surface area contributed by atoms with Crippen molar-refractivity contribution < 1.29 is 4.74 Å². The van der Waals surface area contributed by atoms with Crippen LogP contribution in [0.15, 0.2) is 18.3 Å². The maximum atomic E-state index is 5.94. The molecule has 3 heterocycles. The number of morpholine rings is 1. The number of aromatic nitrogens is 3. The van der Waals surface area contributed by atoms with E-state index in [9.17, 15) is 0 Å². The van der Waals surface area contributed by atoms with Crippen molar-refractivity contribution in [2.24, 2.45) is 0 Å². The molecular formula is C16H23N5O. The van der Waals surface area contributed by atoms with E-state index in [1.54, 1.807) is 0 Å². The average molecular weight is 301 g/mol. The molecule has 1 aliphatic heterocycles. The second kappa shape index (κ2) is 6.46. The summed E-state index contributed by atoms with van der Waals surface area (Å²) < 4.78 is 5.94. The van der Waals surface area contributed by atoms with Crippen LogP contribution in [0.4, 0.5) is 5.69 Å². The largest absolute Gasteiger partial charge is 0.388 e. The smallest absolute Gasteiger partial charge is 0.112 e. The van der Waals surface area contributed by atoms with Crippen molar-refractivity contribution in [1.29, 1.82) is 0 Å². The maximum Gasteiger partial charge on any atom is 0.112 e. The topological polar surface area (TPSA) is 66.1 Å². The van der Waals surface area contributed by atoms with E-state index in [1.807, 2.05) is 26.2 Å². The van der Waals surface area contributed by atoms with E-state index in [-0.39, 0.29) is 6.10 Å². The molecule has 1 aliphatic rings. The van der Waals surface area contributed by atoms with Crippen LogP contribution in [0, 0.1) is 13.8 Å². The van der Waals surface area contributed by atoms with Gasteiger partial charge in [0.25, 0.3) is 0 Å². The molecule has 1 unspecified atom stereocenters. The van der Waals surface area contributed by atoms with Crippen LogP contribution in [-0.2, 0) is 11.3 Å². The van der Waals surface area contributed by atoms with Gasteiger partial charge in [-0.25, -0.2) is 0 Å². The van der Waals surface area contributed by atoms with Crippen LogP contribution in [0.25, 0.3) is 0 Å². The van der Waals surface area contributed by atoms with Gasteiger partial charge in [-0.15, -0.1) is 0 Å². The average Bonchev–Trinajstić information content (AvgIpc) is 2.92. The number of hydrogen-bond donors (Lipinski definition) is 2. The molecule has 0 radical (unpaired) electrons. The van der Waals surface area contributed by atoms with E-state index in [4.69, 9.17) is 4.74 Å². The summed E-state index contributed by atoms with van der Waals surface area (Å²) in [5, 5.41) is 10.3. The summed E-state index contributed by atoms with van der Waals surface area (Å²) in [4.78, 5) is 7.04. The Labute approximate surface area is 130 Å². The Balaban J connectivity index is 1.73. The van der Waals surface area contributed by atoms with E-state index >= 15 is 0 Å². The van der Waals surface area contributed by atoms with Gasteiger partial charge in [-0.1, -0.05) is 0 Å². The predicted octanol–water partition coefficient (Wildman–Crippen LogP) is 2.04. The zero-order chi connectivity index (χ0) is 15.5. The van der Waals surface area contributed by atoms with E-state index in [0.29, 0.717) is 0 Å². The van der Waals surface area contributed by atoms with Crippen LogP contribution in [0.3, 0.4) is 0 Å². The highest BCUT2D eigenvalue weighted by molar-refractivity contribution is 5.45. The molecule has 2 N–H and O–H groups in total. The minimum atomic E-state index is 0.0213. The Kier molecular flexibility index (Phi) is 4.40. The van der Waals surface area contributed by atoms with E-state index in [1.165, 1.54) is 5.56 Å². The minimum absolute atomic E-state index is 0.0213. The number of pyridine rings is 1. The normalized spacial score (nSPS) is 19.3. The SMILES string of the molecule is CNc1cc(C)nc(C2CN(Cc3cn[nH]c3C)CCO2)c1. The molecule has 6 nitrogen and oxygen atoms in total. The lowest BCUT2D eigenvalue weighted by molar-refractivity contribution is -0.0350. The monoisotopic (exact) mass is 301 g/mol. The van der Waals surface area contributed by atoms with Gasteiger partial charge >= 0.3 is 0 Å². The molecule has 6 heteroatoms. The molecular weight excluding hydrogens is 278 g/mol. The molecule has 0 amide bonds. The van der Waals surface area contributed by atoms with E-state index < -0.39 is 0 Å². The number of anilines is 1. The molecule has 0 aliphatic carbocycles. The molecule has 0 aromatic carbocycles. The lowest BCUT2D eigenvalue weighted by Gasteiger charge is -2.32. The first-order chi connectivity index (χ1) is 10.7. The van der Waals surface area contributed by atoms with Crippen LogP contribution < -0.4 is 5.32 Å². The van der Waals surface area contributed by atoms with Crippen LogP contribution in [-0.4, -0.2) is 46.8 Å². The summed E-state index contributed by atoms with van der Waals surface area (Å²) in [6, 6.07) is 4.11. The first-order valence-electron chi connectivity index (χ1n) is 7.65. The third-order valence-corrected chi connectivity index (χ3v) is 4.07. The lowest BCUT2D eigenvalue weighted by Crippen LogP contribution is -2.38. The summed E-state index contributed by atoms with van der Waals surface area (Å²) in [5.74, 6) is 0. The van der Waals surface area contributed by atoms with Gasteiger partial charge in [-0.3, -0.25) is 15.0 Å². The van der Waals surface area contributed by atoms with E-state index in [2.05, 4.69) is 38.4 Å². The number of H-pyrrole nitrogens is 1. The predicted molar refractivity (Wildman–Crippen MR) is 85.8 cm³/mol. The number of aromatic amines is 1. The zero-order valence-corrected chi connectivity index (χ0v) is 13.4. The van der Waals surface area contributed by atoms with Crippen molar-refractivity contribution in [1.82, 2.24) is 20.1 Å². The van der Waals surface area contributed by atoms with E-state index in [0.717, 1.165) is 49.0 Å². The van der Waals surface area contributed by atoms with Crippen molar-refractivity contribution in [3.05, 3.63) is 41.0 Å². The van der Waals surface area contributed by atoms with Gasteiger partial charge in [-0.2, -0.15) is 5.10 Å². The van der Waals surface area contributed by atoms with Gasteiger partial charge in [0.1, 0.15) is 6.10 Å². The molecule has 1 fully saturated rings. The highest BCUT2D eigenvalue weighted by Crippen LogP contribution is 2.24. The Morgan fingerprint density at radius 2 is 2.27 bits per heavy atom. The zero-order valence-electron chi connectivity index (χ0n) is 13.4. The molecule has 1 saturated heterocycles. The van der Waals surface area contributed by atoms with Crippen LogP contribution in [0.5, 0.6) is 0 Å². The molecule has 2 aromatic rings. The molecule has 118 valence electrons. The van der Waals surface area contributed by atoms with Crippen molar-refractivity contribution in [3.63, 3.8) is 0 Å². The Morgan fingerprint density at radius 1 is 1.41 bits per heavy atom. The fourth-order valence-electron chi connectivity index (χ4n) is 2.80. The summed E-state index contributed by atoms with van der Waals surface area (Å²) in [6.45, 7) is 7.48. The van der Waals surface area contributed by atoms with Crippen LogP contribution >= 0.6 is 0 Å². The molecule has 0 saturated carbocycles. The lowest BCUT2D eigenvalue weighted by atomic mass is 10.1.